The second kappa shape index (κ2) is 12.9. The van der Waals surface area contributed by atoms with Crippen LogP contribution in [-0.4, -0.2) is 29.5 Å². The molecule has 0 unspecified atom stereocenters. The standard InChI is InChI=1S/C28H33N3O5S/c1-3-29-28(33)30-16-20-7-13-23(14-8-20)27-35-24(18-37-25-6-4-5-15-31(25)34)19(2)26(36-27)22-11-9-21(17-32)10-12-22/h4-15,19,24,26-27,32H,3,16-18H2,1-2H3,(H2,29,30,33)/t19-,24+,26+,27+/m0/s1. The Morgan fingerprint density at radius 2 is 1.70 bits per heavy atom. The first-order valence-electron chi connectivity index (χ1n) is 12.4. The number of ether oxygens (including phenoxy) is 2. The monoisotopic (exact) mass is 523 g/mol. The summed E-state index contributed by atoms with van der Waals surface area (Å²) in [5, 5.41) is 27.7. The van der Waals surface area contributed by atoms with Crippen molar-refractivity contribution < 1.29 is 24.1 Å². The van der Waals surface area contributed by atoms with Crippen molar-refractivity contribution in [3.8, 4) is 0 Å². The van der Waals surface area contributed by atoms with Gasteiger partial charge in [-0.3, -0.25) is 0 Å². The van der Waals surface area contributed by atoms with Gasteiger partial charge in [-0.1, -0.05) is 67.2 Å². The number of nitrogens with zero attached hydrogens (tertiary/aromatic N) is 1. The molecule has 0 spiro atoms. The number of aromatic nitrogens is 1. The SMILES string of the molecule is CCNC(=O)NCc1ccc([C@@H]2O[C@H](CSc3cccc[n+]3[O-])[C@H](C)[C@H](c3ccc(CO)cc3)O2)cc1. The van der Waals surface area contributed by atoms with Crippen molar-refractivity contribution >= 4 is 17.8 Å². The summed E-state index contributed by atoms with van der Waals surface area (Å²) in [6.45, 7) is 4.94. The van der Waals surface area contributed by atoms with Gasteiger partial charge in [0.2, 0.25) is 0 Å². The van der Waals surface area contributed by atoms with Gasteiger partial charge in [0.05, 0.1) is 18.8 Å². The maximum absolute atomic E-state index is 12.1. The summed E-state index contributed by atoms with van der Waals surface area (Å²) in [4.78, 5) is 11.7. The van der Waals surface area contributed by atoms with E-state index in [1.165, 1.54) is 18.0 Å². The van der Waals surface area contributed by atoms with Crippen molar-refractivity contribution in [3.05, 3.63) is 100 Å². The third kappa shape index (κ3) is 7.01. The van der Waals surface area contributed by atoms with Crippen LogP contribution in [0.5, 0.6) is 0 Å². The van der Waals surface area contributed by atoms with E-state index < -0.39 is 6.29 Å². The fourth-order valence-electron chi connectivity index (χ4n) is 4.20. The lowest BCUT2D eigenvalue weighted by Gasteiger charge is -2.41. The van der Waals surface area contributed by atoms with E-state index in [-0.39, 0.29) is 30.8 Å². The van der Waals surface area contributed by atoms with Gasteiger partial charge in [0.1, 0.15) is 0 Å². The third-order valence-electron chi connectivity index (χ3n) is 6.35. The summed E-state index contributed by atoms with van der Waals surface area (Å²) in [7, 11) is 0. The van der Waals surface area contributed by atoms with E-state index in [1.807, 2.05) is 61.5 Å². The van der Waals surface area contributed by atoms with Crippen LogP contribution in [0.1, 0.15) is 48.5 Å². The fraction of sp³-hybridized carbons (Fsp3) is 0.357. The molecule has 1 aromatic heterocycles. The Labute approximate surface area is 221 Å². The van der Waals surface area contributed by atoms with E-state index in [0.717, 1.165) is 27.0 Å². The summed E-state index contributed by atoms with van der Waals surface area (Å²) in [6.07, 6.45) is 0.495. The number of benzene rings is 2. The average Bonchev–Trinajstić information content (AvgIpc) is 2.93. The molecule has 2 aromatic carbocycles. The molecule has 2 amide bonds. The van der Waals surface area contributed by atoms with Crippen LogP contribution in [0.15, 0.2) is 78.0 Å². The molecule has 0 bridgehead atoms. The highest BCUT2D eigenvalue weighted by atomic mass is 32.2. The van der Waals surface area contributed by atoms with Crippen LogP contribution >= 0.6 is 11.8 Å². The number of nitrogens with one attached hydrogen (secondary N) is 2. The van der Waals surface area contributed by atoms with E-state index in [2.05, 4.69) is 17.6 Å². The minimum atomic E-state index is -0.593. The largest absolute Gasteiger partial charge is 0.618 e. The normalized spacial score (nSPS) is 21.4. The molecule has 3 N–H and O–H groups in total. The lowest BCUT2D eigenvalue weighted by Crippen LogP contribution is -2.39. The van der Waals surface area contributed by atoms with Crippen LogP contribution in [0.2, 0.25) is 0 Å². The molecule has 1 fully saturated rings. The van der Waals surface area contributed by atoms with Gasteiger partial charge in [0.15, 0.2) is 12.5 Å². The number of hydrogen-bond acceptors (Lipinski definition) is 6. The molecule has 9 heteroatoms. The van der Waals surface area contributed by atoms with E-state index >= 15 is 0 Å². The molecular weight excluding hydrogens is 490 g/mol. The Bertz CT molecular complexity index is 1160. The second-order valence-electron chi connectivity index (χ2n) is 8.95. The minimum Gasteiger partial charge on any atom is -0.618 e. The number of carbonyl (C=O) groups excluding carboxylic acids is 1. The van der Waals surface area contributed by atoms with Gasteiger partial charge in [-0.15, -0.1) is 0 Å². The molecule has 0 radical (unpaired) electrons. The number of carbonyl (C=O) groups is 1. The fourth-order valence-corrected chi connectivity index (χ4v) is 5.28. The molecule has 0 saturated carbocycles. The van der Waals surface area contributed by atoms with Gasteiger partial charge < -0.3 is 30.4 Å². The van der Waals surface area contributed by atoms with Gasteiger partial charge in [-0.25, -0.2) is 4.79 Å². The highest BCUT2D eigenvalue weighted by molar-refractivity contribution is 7.99. The molecule has 4 atom stereocenters. The highest BCUT2D eigenvalue weighted by Gasteiger charge is 2.38. The summed E-state index contributed by atoms with van der Waals surface area (Å²) < 4.78 is 13.8. The first-order valence-corrected chi connectivity index (χ1v) is 13.4. The Balaban J connectivity index is 1.52. The average molecular weight is 524 g/mol. The van der Waals surface area contributed by atoms with Crippen LogP contribution < -0.4 is 15.4 Å². The van der Waals surface area contributed by atoms with E-state index in [1.54, 1.807) is 12.1 Å². The van der Waals surface area contributed by atoms with Crippen molar-refractivity contribution in [3.63, 3.8) is 0 Å². The molecule has 196 valence electrons. The number of amides is 2. The summed E-state index contributed by atoms with van der Waals surface area (Å²) in [5.41, 5.74) is 3.69. The number of aliphatic hydroxyl groups is 1. The van der Waals surface area contributed by atoms with Crippen LogP contribution in [0.4, 0.5) is 4.79 Å². The maximum Gasteiger partial charge on any atom is 0.315 e. The molecule has 3 aromatic rings. The van der Waals surface area contributed by atoms with Crippen LogP contribution in [0.3, 0.4) is 0 Å². The quantitative estimate of drug-likeness (QED) is 0.220. The molecule has 37 heavy (non-hydrogen) atoms. The second-order valence-corrected chi connectivity index (χ2v) is 9.99. The van der Waals surface area contributed by atoms with Crippen molar-refractivity contribution in [2.75, 3.05) is 12.3 Å². The zero-order valence-corrected chi connectivity index (χ0v) is 21.8. The van der Waals surface area contributed by atoms with E-state index in [4.69, 9.17) is 9.47 Å². The van der Waals surface area contributed by atoms with Crippen molar-refractivity contribution in [1.29, 1.82) is 0 Å². The van der Waals surface area contributed by atoms with Gasteiger partial charge in [-0.05, 0) is 29.7 Å². The molecule has 1 aliphatic rings. The molecular formula is C28H33N3O5S. The van der Waals surface area contributed by atoms with Gasteiger partial charge >= 0.3 is 6.03 Å². The first-order chi connectivity index (χ1) is 18.0. The Morgan fingerprint density at radius 3 is 2.38 bits per heavy atom. The Kier molecular flexibility index (Phi) is 9.40. The van der Waals surface area contributed by atoms with Gasteiger partial charge in [-0.2, -0.15) is 4.73 Å². The molecule has 2 heterocycles. The number of thioether (sulfide) groups is 1. The Hall–Kier alpha value is -3.11. The topological polar surface area (TPSA) is 107 Å². The van der Waals surface area contributed by atoms with Gasteiger partial charge in [0.25, 0.3) is 5.03 Å². The lowest BCUT2D eigenvalue weighted by atomic mass is 9.91. The minimum absolute atomic E-state index is 0.0139. The number of aliphatic hydroxyl groups excluding tert-OH is 1. The van der Waals surface area contributed by atoms with Crippen molar-refractivity contribution in [2.45, 2.75) is 50.5 Å². The number of pyridine rings is 1. The first kappa shape index (κ1) is 26.9. The molecule has 1 saturated heterocycles. The predicted octanol–water partition coefficient (Wildman–Crippen LogP) is 4.22. The van der Waals surface area contributed by atoms with Crippen LogP contribution in [-0.2, 0) is 22.6 Å². The number of urea groups is 1. The summed E-state index contributed by atoms with van der Waals surface area (Å²) in [5.74, 6) is 0.612. The zero-order valence-electron chi connectivity index (χ0n) is 21.0. The van der Waals surface area contributed by atoms with Gasteiger partial charge in [0, 0.05) is 42.5 Å². The van der Waals surface area contributed by atoms with Crippen molar-refractivity contribution in [2.24, 2.45) is 5.92 Å². The van der Waals surface area contributed by atoms with E-state index in [0.29, 0.717) is 23.9 Å². The molecule has 4 rings (SSSR count). The smallest absolute Gasteiger partial charge is 0.315 e. The summed E-state index contributed by atoms with van der Waals surface area (Å²) >= 11 is 1.46. The summed E-state index contributed by atoms with van der Waals surface area (Å²) in [6, 6.07) is 20.7. The number of hydrogen-bond donors (Lipinski definition) is 3. The molecule has 8 nitrogen and oxygen atoms in total. The zero-order chi connectivity index (χ0) is 26.2. The Morgan fingerprint density at radius 1 is 1.00 bits per heavy atom. The van der Waals surface area contributed by atoms with Crippen LogP contribution in [0.25, 0.3) is 0 Å². The highest BCUT2D eigenvalue weighted by Crippen LogP contribution is 2.42. The predicted molar refractivity (Wildman–Crippen MR) is 141 cm³/mol. The molecule has 0 aliphatic carbocycles. The van der Waals surface area contributed by atoms with E-state index in [9.17, 15) is 15.1 Å². The van der Waals surface area contributed by atoms with Crippen LogP contribution in [0, 0.1) is 11.1 Å². The molecule has 1 aliphatic heterocycles. The third-order valence-corrected chi connectivity index (χ3v) is 7.46. The maximum atomic E-state index is 12.1. The lowest BCUT2D eigenvalue weighted by molar-refractivity contribution is -0.645. The number of rotatable bonds is 9. The van der Waals surface area contributed by atoms with Crippen molar-refractivity contribution in [1.82, 2.24) is 10.6 Å².